The van der Waals surface area contributed by atoms with Gasteiger partial charge in [-0.15, -0.1) is 0 Å². The third-order valence-electron chi connectivity index (χ3n) is 4.59. The molecule has 21 heavy (non-hydrogen) atoms. The zero-order valence-electron chi connectivity index (χ0n) is 12.4. The lowest BCUT2D eigenvalue weighted by Gasteiger charge is -2.34. The number of hydrogen-bond acceptors (Lipinski definition) is 5. The van der Waals surface area contributed by atoms with E-state index in [2.05, 4.69) is 10.3 Å². The van der Waals surface area contributed by atoms with Crippen molar-refractivity contribution in [3.63, 3.8) is 0 Å². The second kappa shape index (κ2) is 6.01. The largest absolute Gasteiger partial charge is 0.440 e. The highest BCUT2D eigenvalue weighted by atomic mass is 32.2. The minimum atomic E-state index is -0.478. The van der Waals surface area contributed by atoms with E-state index in [-0.39, 0.29) is 5.91 Å². The first-order valence-corrected chi connectivity index (χ1v) is 8.71. The molecule has 6 heteroatoms. The number of primary amides is 1. The van der Waals surface area contributed by atoms with Crippen molar-refractivity contribution in [1.82, 2.24) is 10.3 Å². The highest BCUT2D eigenvalue weighted by Crippen LogP contribution is 2.41. The smallest absolute Gasteiger partial charge is 0.255 e. The van der Waals surface area contributed by atoms with Crippen LogP contribution in [0.3, 0.4) is 0 Å². The normalized spacial score (nSPS) is 28.9. The minimum absolute atomic E-state index is 0.172. The molecule has 3 N–H and O–H groups in total. The van der Waals surface area contributed by atoms with Crippen LogP contribution in [0.4, 0.5) is 0 Å². The number of oxazole rings is 1. The van der Waals surface area contributed by atoms with E-state index in [9.17, 15) is 4.79 Å². The lowest BCUT2D eigenvalue weighted by molar-refractivity contribution is -0.126. The van der Waals surface area contributed by atoms with E-state index < -0.39 is 5.54 Å². The van der Waals surface area contributed by atoms with Crippen molar-refractivity contribution < 1.29 is 9.21 Å². The van der Waals surface area contributed by atoms with Gasteiger partial charge in [-0.2, -0.15) is 0 Å². The molecule has 5 nitrogen and oxygen atoms in total. The molecule has 0 bridgehead atoms. The van der Waals surface area contributed by atoms with Gasteiger partial charge in [-0.25, -0.2) is 4.98 Å². The van der Waals surface area contributed by atoms with Crippen LogP contribution in [0.5, 0.6) is 0 Å². The zero-order chi connectivity index (χ0) is 14.9. The van der Waals surface area contributed by atoms with E-state index in [0.717, 1.165) is 37.1 Å². The molecule has 2 saturated carbocycles. The molecule has 1 aromatic heterocycles. The SMILES string of the molecule is Cc1coc(SCCC2CCCC2(NC2CC2)C(N)=O)n1. The number of aromatic nitrogens is 1. The Kier molecular flexibility index (Phi) is 4.26. The van der Waals surface area contributed by atoms with Crippen LogP contribution in [-0.2, 0) is 4.79 Å². The maximum Gasteiger partial charge on any atom is 0.255 e. The first-order chi connectivity index (χ1) is 10.1. The summed E-state index contributed by atoms with van der Waals surface area (Å²) < 4.78 is 5.35. The third-order valence-corrected chi connectivity index (χ3v) is 5.46. The van der Waals surface area contributed by atoms with Gasteiger partial charge >= 0.3 is 0 Å². The monoisotopic (exact) mass is 309 g/mol. The average Bonchev–Trinajstić information content (AvgIpc) is 3.00. The van der Waals surface area contributed by atoms with Gasteiger partial charge in [-0.3, -0.25) is 4.79 Å². The molecule has 0 aromatic carbocycles. The lowest BCUT2D eigenvalue weighted by atomic mass is 9.84. The molecule has 2 atom stereocenters. The fraction of sp³-hybridized carbons (Fsp3) is 0.733. The van der Waals surface area contributed by atoms with Gasteiger partial charge in [0.15, 0.2) is 0 Å². The number of aryl methyl sites for hydroxylation is 1. The lowest BCUT2D eigenvalue weighted by Crippen LogP contribution is -2.58. The van der Waals surface area contributed by atoms with Crippen molar-refractivity contribution in [3.8, 4) is 0 Å². The standard InChI is InChI=1S/C15H23N3O2S/c1-10-9-20-14(17-10)21-8-6-11-3-2-7-15(11,13(16)19)18-12-4-5-12/h9,11-12,18H,2-8H2,1H3,(H2,16,19). The second-order valence-electron chi connectivity index (χ2n) is 6.24. The quantitative estimate of drug-likeness (QED) is 0.755. The summed E-state index contributed by atoms with van der Waals surface area (Å²) >= 11 is 1.62. The van der Waals surface area contributed by atoms with Crippen molar-refractivity contribution >= 4 is 17.7 Å². The molecule has 0 saturated heterocycles. The molecule has 116 valence electrons. The van der Waals surface area contributed by atoms with Gasteiger partial charge in [0.25, 0.3) is 5.22 Å². The van der Waals surface area contributed by atoms with Gasteiger partial charge in [-0.1, -0.05) is 18.2 Å². The predicted octanol–water partition coefficient (Wildman–Crippen LogP) is 2.24. The van der Waals surface area contributed by atoms with Gasteiger partial charge in [0.2, 0.25) is 5.91 Å². The Balaban J connectivity index is 1.58. The van der Waals surface area contributed by atoms with Crippen molar-refractivity contribution in [2.24, 2.45) is 11.7 Å². The number of nitrogens with two attached hydrogens (primary N) is 1. The average molecular weight is 309 g/mol. The summed E-state index contributed by atoms with van der Waals surface area (Å²) in [6, 6.07) is 0.500. The van der Waals surface area contributed by atoms with Gasteiger partial charge in [0.1, 0.15) is 11.8 Å². The molecule has 2 aliphatic rings. The summed E-state index contributed by atoms with van der Waals surface area (Å²) in [5, 5.41) is 4.26. The number of thioether (sulfide) groups is 1. The molecule has 2 unspecified atom stereocenters. The van der Waals surface area contributed by atoms with E-state index in [0.29, 0.717) is 17.2 Å². The van der Waals surface area contributed by atoms with E-state index in [4.69, 9.17) is 10.2 Å². The van der Waals surface area contributed by atoms with Crippen LogP contribution < -0.4 is 11.1 Å². The Labute approximate surface area is 129 Å². The molecule has 2 fully saturated rings. The number of rotatable bonds is 7. The van der Waals surface area contributed by atoms with Crippen molar-refractivity contribution in [1.29, 1.82) is 0 Å². The molecule has 1 heterocycles. The first kappa shape index (κ1) is 14.9. The maximum absolute atomic E-state index is 12.1. The fourth-order valence-electron chi connectivity index (χ4n) is 3.33. The Morgan fingerprint density at radius 1 is 1.57 bits per heavy atom. The van der Waals surface area contributed by atoms with Crippen LogP contribution in [0, 0.1) is 12.8 Å². The molecular formula is C15H23N3O2S. The van der Waals surface area contributed by atoms with Gasteiger partial charge < -0.3 is 15.5 Å². The topological polar surface area (TPSA) is 81.1 Å². The number of hydrogen-bond donors (Lipinski definition) is 2. The molecule has 1 amide bonds. The number of carbonyl (C=O) groups is 1. The Morgan fingerprint density at radius 3 is 3.00 bits per heavy atom. The number of amides is 1. The third kappa shape index (κ3) is 3.26. The van der Waals surface area contributed by atoms with Crippen LogP contribution in [0.15, 0.2) is 15.9 Å². The van der Waals surface area contributed by atoms with Crippen LogP contribution >= 0.6 is 11.8 Å². The zero-order valence-corrected chi connectivity index (χ0v) is 13.2. The van der Waals surface area contributed by atoms with Crippen LogP contribution in [0.2, 0.25) is 0 Å². The Hall–Kier alpha value is -1.01. The summed E-state index contributed by atoms with van der Waals surface area (Å²) in [7, 11) is 0. The second-order valence-corrected chi connectivity index (χ2v) is 7.28. The highest BCUT2D eigenvalue weighted by Gasteiger charge is 2.49. The number of nitrogens with zero attached hydrogens (tertiary/aromatic N) is 1. The highest BCUT2D eigenvalue weighted by molar-refractivity contribution is 7.99. The van der Waals surface area contributed by atoms with Crippen LogP contribution in [0.25, 0.3) is 0 Å². The summed E-state index contributed by atoms with van der Waals surface area (Å²) in [4.78, 5) is 16.3. The molecule has 3 rings (SSSR count). The molecular weight excluding hydrogens is 286 g/mol. The van der Waals surface area contributed by atoms with E-state index in [1.54, 1.807) is 18.0 Å². The summed E-state index contributed by atoms with van der Waals surface area (Å²) in [5.41, 5.74) is 6.17. The van der Waals surface area contributed by atoms with Crippen LogP contribution in [-0.4, -0.2) is 28.2 Å². The Morgan fingerprint density at radius 2 is 2.38 bits per heavy atom. The maximum atomic E-state index is 12.1. The summed E-state index contributed by atoms with van der Waals surface area (Å²) in [5.74, 6) is 1.07. The van der Waals surface area contributed by atoms with Gasteiger partial charge in [-0.05, 0) is 44.9 Å². The molecule has 0 aliphatic heterocycles. The van der Waals surface area contributed by atoms with E-state index >= 15 is 0 Å². The van der Waals surface area contributed by atoms with Gasteiger partial charge in [0.05, 0.1) is 5.69 Å². The first-order valence-electron chi connectivity index (χ1n) is 7.73. The molecule has 2 aliphatic carbocycles. The summed E-state index contributed by atoms with van der Waals surface area (Å²) in [6.07, 6.45) is 8.02. The number of nitrogens with one attached hydrogen (secondary N) is 1. The predicted molar refractivity (Wildman–Crippen MR) is 82.0 cm³/mol. The van der Waals surface area contributed by atoms with Gasteiger partial charge in [0, 0.05) is 11.8 Å². The fourth-order valence-corrected chi connectivity index (χ4v) is 4.23. The number of carbonyl (C=O) groups excluding carboxylic acids is 1. The molecule has 1 aromatic rings. The summed E-state index contributed by atoms with van der Waals surface area (Å²) in [6.45, 7) is 1.92. The molecule has 0 radical (unpaired) electrons. The van der Waals surface area contributed by atoms with Crippen molar-refractivity contribution in [2.45, 2.75) is 62.3 Å². The minimum Gasteiger partial charge on any atom is -0.440 e. The van der Waals surface area contributed by atoms with Crippen molar-refractivity contribution in [3.05, 3.63) is 12.0 Å². The molecule has 0 spiro atoms. The van der Waals surface area contributed by atoms with E-state index in [1.807, 2.05) is 6.92 Å². The Bertz CT molecular complexity index is 515. The van der Waals surface area contributed by atoms with E-state index in [1.165, 1.54) is 12.8 Å². The van der Waals surface area contributed by atoms with Crippen molar-refractivity contribution in [2.75, 3.05) is 5.75 Å². The van der Waals surface area contributed by atoms with Crippen LogP contribution in [0.1, 0.15) is 44.2 Å².